The third-order valence-electron chi connectivity index (χ3n) is 4.37. The molecule has 2 atom stereocenters. The highest BCUT2D eigenvalue weighted by Crippen LogP contribution is 2.37. The minimum Gasteiger partial charge on any atom is -0.504 e. The van der Waals surface area contributed by atoms with Crippen molar-refractivity contribution in [2.24, 2.45) is 0 Å². The Hall–Kier alpha value is -1.46. The number of nitrogens with zero attached hydrogens (tertiary/aromatic N) is 1. The van der Waals surface area contributed by atoms with Gasteiger partial charge in [-0.25, -0.2) is 0 Å². The van der Waals surface area contributed by atoms with E-state index in [2.05, 4.69) is 10.2 Å². The molecular formula is C14H20N2O3. The summed E-state index contributed by atoms with van der Waals surface area (Å²) >= 11 is 0. The number of phenols is 3. The van der Waals surface area contributed by atoms with Crippen LogP contribution in [0.15, 0.2) is 12.1 Å². The van der Waals surface area contributed by atoms with E-state index in [0.717, 1.165) is 13.0 Å². The number of rotatable bonds is 3. The van der Waals surface area contributed by atoms with E-state index in [9.17, 15) is 15.3 Å². The normalized spacial score (nSPS) is 26.7. The van der Waals surface area contributed by atoms with Gasteiger partial charge < -0.3 is 20.6 Å². The Morgan fingerprint density at radius 2 is 1.95 bits per heavy atom. The van der Waals surface area contributed by atoms with Gasteiger partial charge in [0, 0.05) is 30.7 Å². The summed E-state index contributed by atoms with van der Waals surface area (Å²) in [6.45, 7) is 2.86. The average Bonchev–Trinajstić information content (AvgIpc) is 2.99. The van der Waals surface area contributed by atoms with Crippen LogP contribution in [0.4, 0.5) is 0 Å². The highest BCUT2D eigenvalue weighted by Gasteiger charge is 2.36. The number of hydrogen-bond donors (Lipinski definition) is 4. The van der Waals surface area contributed by atoms with Crippen molar-refractivity contribution in [2.45, 2.75) is 37.9 Å². The van der Waals surface area contributed by atoms with Crippen LogP contribution in [-0.4, -0.2) is 45.4 Å². The summed E-state index contributed by atoms with van der Waals surface area (Å²) in [4.78, 5) is 2.52. The maximum atomic E-state index is 9.78. The van der Waals surface area contributed by atoms with Gasteiger partial charge in [-0.15, -0.1) is 0 Å². The Kier molecular flexibility index (Phi) is 3.24. The minimum atomic E-state index is -0.437. The van der Waals surface area contributed by atoms with E-state index in [1.807, 2.05) is 0 Å². The molecule has 5 nitrogen and oxygen atoms in total. The number of nitrogens with one attached hydrogen (secondary N) is 1. The van der Waals surface area contributed by atoms with Gasteiger partial charge in [0.2, 0.25) is 5.75 Å². The van der Waals surface area contributed by atoms with Crippen LogP contribution in [0.3, 0.4) is 0 Å². The molecule has 2 heterocycles. The van der Waals surface area contributed by atoms with E-state index >= 15 is 0 Å². The molecular weight excluding hydrogens is 244 g/mol. The van der Waals surface area contributed by atoms with Crippen LogP contribution >= 0.6 is 0 Å². The van der Waals surface area contributed by atoms with Crippen molar-refractivity contribution in [3.8, 4) is 17.2 Å². The second kappa shape index (κ2) is 4.90. The molecule has 104 valence electrons. The van der Waals surface area contributed by atoms with Gasteiger partial charge in [0.05, 0.1) is 0 Å². The van der Waals surface area contributed by atoms with Gasteiger partial charge in [0.1, 0.15) is 0 Å². The molecule has 0 spiro atoms. The summed E-state index contributed by atoms with van der Waals surface area (Å²) in [5.41, 5.74) is 0.617. The summed E-state index contributed by atoms with van der Waals surface area (Å²) in [5, 5.41) is 32.0. The third kappa shape index (κ3) is 2.24. The molecule has 2 fully saturated rings. The fourth-order valence-corrected chi connectivity index (χ4v) is 3.32. The quantitative estimate of drug-likeness (QED) is 0.616. The second-order valence-corrected chi connectivity index (χ2v) is 5.46. The number of phenolic OH excluding ortho intramolecular Hbond substituents is 3. The number of hydrogen-bond acceptors (Lipinski definition) is 5. The maximum absolute atomic E-state index is 9.78. The largest absolute Gasteiger partial charge is 0.504 e. The molecule has 0 aromatic heterocycles. The van der Waals surface area contributed by atoms with Gasteiger partial charge in [-0.05, 0) is 31.9 Å². The molecule has 2 unspecified atom stereocenters. The Bertz CT molecular complexity index is 478. The van der Waals surface area contributed by atoms with Crippen molar-refractivity contribution in [3.63, 3.8) is 0 Å². The van der Waals surface area contributed by atoms with Crippen LogP contribution in [0.1, 0.15) is 24.8 Å². The molecule has 0 bridgehead atoms. The molecule has 1 aromatic rings. The van der Waals surface area contributed by atoms with Gasteiger partial charge in [-0.1, -0.05) is 6.07 Å². The fourth-order valence-electron chi connectivity index (χ4n) is 3.32. The Labute approximate surface area is 112 Å². The van der Waals surface area contributed by atoms with E-state index in [1.54, 1.807) is 6.07 Å². The fraction of sp³-hybridized carbons (Fsp3) is 0.571. The van der Waals surface area contributed by atoms with Crippen molar-refractivity contribution >= 4 is 0 Å². The molecule has 1 aromatic carbocycles. The van der Waals surface area contributed by atoms with Gasteiger partial charge >= 0.3 is 0 Å². The number of aromatic hydroxyl groups is 3. The molecule has 3 rings (SSSR count). The first-order chi connectivity index (χ1) is 9.16. The lowest BCUT2D eigenvalue weighted by molar-refractivity contribution is 0.297. The maximum Gasteiger partial charge on any atom is 0.200 e. The number of benzene rings is 1. The second-order valence-electron chi connectivity index (χ2n) is 5.46. The topological polar surface area (TPSA) is 76.0 Å². The molecule has 0 radical (unpaired) electrons. The van der Waals surface area contributed by atoms with Crippen molar-refractivity contribution in [3.05, 3.63) is 17.7 Å². The minimum absolute atomic E-state index is 0.228. The molecule has 0 saturated carbocycles. The SMILES string of the molecule is Oc1ccc(CNC2CCN3CCCC23)c(O)c1O. The van der Waals surface area contributed by atoms with Crippen LogP contribution in [0.25, 0.3) is 0 Å². The molecule has 19 heavy (non-hydrogen) atoms. The Morgan fingerprint density at radius 3 is 2.79 bits per heavy atom. The molecule has 4 N–H and O–H groups in total. The zero-order valence-electron chi connectivity index (χ0n) is 10.8. The molecule has 0 aliphatic carbocycles. The summed E-state index contributed by atoms with van der Waals surface area (Å²) in [5.74, 6) is -0.953. The first-order valence-corrected chi connectivity index (χ1v) is 6.87. The van der Waals surface area contributed by atoms with Crippen molar-refractivity contribution in [2.75, 3.05) is 13.1 Å². The number of fused-ring (bicyclic) bond motifs is 1. The highest BCUT2D eigenvalue weighted by atomic mass is 16.3. The third-order valence-corrected chi connectivity index (χ3v) is 4.37. The van der Waals surface area contributed by atoms with E-state index in [0.29, 0.717) is 24.2 Å². The first-order valence-electron chi connectivity index (χ1n) is 6.87. The van der Waals surface area contributed by atoms with E-state index < -0.39 is 5.75 Å². The van der Waals surface area contributed by atoms with Crippen LogP contribution in [0.5, 0.6) is 17.2 Å². The molecule has 2 saturated heterocycles. The average molecular weight is 264 g/mol. The van der Waals surface area contributed by atoms with E-state index in [4.69, 9.17) is 0 Å². The van der Waals surface area contributed by atoms with Crippen molar-refractivity contribution in [1.29, 1.82) is 0 Å². The molecule has 2 aliphatic rings. The van der Waals surface area contributed by atoms with Gasteiger partial charge in [0.15, 0.2) is 11.5 Å². The lowest BCUT2D eigenvalue weighted by Crippen LogP contribution is -2.38. The van der Waals surface area contributed by atoms with Gasteiger partial charge in [0.25, 0.3) is 0 Å². The summed E-state index contributed by atoms with van der Waals surface area (Å²) < 4.78 is 0. The monoisotopic (exact) mass is 264 g/mol. The Balaban J connectivity index is 1.65. The van der Waals surface area contributed by atoms with Crippen LogP contribution in [0, 0.1) is 0 Å². The van der Waals surface area contributed by atoms with E-state index in [-0.39, 0.29) is 11.5 Å². The highest BCUT2D eigenvalue weighted by molar-refractivity contribution is 5.53. The first kappa shape index (κ1) is 12.6. The zero-order valence-corrected chi connectivity index (χ0v) is 10.8. The van der Waals surface area contributed by atoms with Gasteiger partial charge in [-0.2, -0.15) is 0 Å². The predicted octanol–water partition coefficient (Wildman–Crippen LogP) is 1.13. The summed E-state index contributed by atoms with van der Waals surface area (Å²) in [7, 11) is 0. The lowest BCUT2D eigenvalue weighted by Gasteiger charge is -2.21. The van der Waals surface area contributed by atoms with E-state index in [1.165, 1.54) is 25.5 Å². The van der Waals surface area contributed by atoms with Crippen LogP contribution < -0.4 is 5.32 Å². The van der Waals surface area contributed by atoms with Gasteiger partial charge in [-0.3, -0.25) is 4.90 Å². The lowest BCUT2D eigenvalue weighted by atomic mass is 10.1. The summed E-state index contributed by atoms with van der Waals surface area (Å²) in [6.07, 6.45) is 3.65. The zero-order chi connectivity index (χ0) is 13.4. The predicted molar refractivity (Wildman–Crippen MR) is 71.3 cm³/mol. The molecule has 0 amide bonds. The molecule has 5 heteroatoms. The standard InChI is InChI=1S/C14H20N2O3/c17-12-4-3-9(13(18)14(12)19)8-15-10-5-7-16-6-1-2-11(10)16/h3-4,10-11,15,17-19H,1-2,5-8H2. The van der Waals surface area contributed by atoms with Crippen LogP contribution in [0.2, 0.25) is 0 Å². The molecule has 2 aliphatic heterocycles. The summed E-state index contributed by atoms with van der Waals surface area (Å²) in [6, 6.07) is 4.12. The van der Waals surface area contributed by atoms with Crippen LogP contribution in [-0.2, 0) is 6.54 Å². The van der Waals surface area contributed by atoms with Crippen molar-refractivity contribution < 1.29 is 15.3 Å². The van der Waals surface area contributed by atoms with Crippen molar-refractivity contribution in [1.82, 2.24) is 10.2 Å². The Morgan fingerprint density at radius 1 is 1.11 bits per heavy atom. The smallest absolute Gasteiger partial charge is 0.200 e.